The van der Waals surface area contributed by atoms with Crippen LogP contribution in [0, 0.1) is 0 Å². The van der Waals surface area contributed by atoms with Crippen LogP contribution in [0.5, 0.6) is 0 Å². The molecule has 1 aromatic carbocycles. The van der Waals surface area contributed by atoms with E-state index in [1.165, 1.54) is 24.8 Å². The number of hydrogen-bond donors (Lipinski definition) is 1. The fourth-order valence-corrected chi connectivity index (χ4v) is 1.81. The lowest BCUT2D eigenvalue weighted by molar-refractivity contribution is 0.606. The van der Waals surface area contributed by atoms with Crippen molar-refractivity contribution in [1.82, 2.24) is 5.32 Å². The van der Waals surface area contributed by atoms with Crippen LogP contribution in [0.15, 0.2) is 41.4 Å². The van der Waals surface area contributed by atoms with Crippen molar-refractivity contribution in [1.29, 1.82) is 0 Å². The van der Waals surface area contributed by atoms with Crippen LogP contribution in [-0.4, -0.2) is 6.54 Å². The molecular weight excluding hydrogens is 262 g/mol. The minimum absolute atomic E-state index is 0.967. The molecule has 0 aromatic heterocycles. The highest BCUT2D eigenvalue weighted by molar-refractivity contribution is 9.10. The number of halogens is 1. The third-order valence-corrected chi connectivity index (χ3v) is 3.03. The number of allylic oxidation sites excluding steroid dienone is 1. The van der Waals surface area contributed by atoms with E-state index < -0.39 is 0 Å². The van der Waals surface area contributed by atoms with Gasteiger partial charge in [-0.1, -0.05) is 40.6 Å². The lowest BCUT2D eigenvalue weighted by atomic mass is 10.2. The Morgan fingerprint density at radius 3 is 2.56 bits per heavy atom. The van der Waals surface area contributed by atoms with Crippen LogP contribution >= 0.6 is 15.9 Å². The van der Waals surface area contributed by atoms with E-state index in [4.69, 9.17) is 0 Å². The fourth-order valence-electron chi connectivity index (χ4n) is 1.55. The molecule has 2 heteroatoms. The number of unbranched alkanes of at least 4 members (excludes halogenated alkanes) is 3. The molecular formula is C14H20BrN. The molecule has 0 spiro atoms. The van der Waals surface area contributed by atoms with Crippen LogP contribution in [0.25, 0.3) is 0 Å². The molecule has 0 amide bonds. The first-order chi connectivity index (χ1) is 7.83. The number of benzene rings is 1. The molecule has 1 N–H and O–H groups in total. The summed E-state index contributed by atoms with van der Waals surface area (Å²) in [5.74, 6) is 0. The number of nitrogens with one attached hydrogen (secondary N) is 1. The average Bonchev–Trinajstić information content (AvgIpc) is 2.30. The average molecular weight is 282 g/mol. The van der Waals surface area contributed by atoms with Gasteiger partial charge in [-0.25, -0.2) is 0 Å². The summed E-state index contributed by atoms with van der Waals surface area (Å²) in [5, 5.41) is 3.46. The predicted octanol–water partition coefficient (Wildman–Crippen LogP) is 4.29. The Balaban J connectivity index is 2.02. The van der Waals surface area contributed by atoms with Gasteiger partial charge in [-0.2, -0.15) is 0 Å². The van der Waals surface area contributed by atoms with Crippen molar-refractivity contribution in [2.45, 2.75) is 32.2 Å². The zero-order valence-electron chi connectivity index (χ0n) is 9.71. The smallest absolute Gasteiger partial charge is 0.0205 e. The first kappa shape index (κ1) is 13.5. The minimum atomic E-state index is 0.967. The Morgan fingerprint density at radius 2 is 1.88 bits per heavy atom. The van der Waals surface area contributed by atoms with E-state index in [1.54, 1.807) is 0 Å². The van der Waals surface area contributed by atoms with Crippen molar-refractivity contribution in [3.05, 3.63) is 47.0 Å². The van der Waals surface area contributed by atoms with Crippen LogP contribution in [-0.2, 0) is 6.54 Å². The highest BCUT2D eigenvalue weighted by Gasteiger charge is 1.92. The first-order valence-corrected chi connectivity index (χ1v) is 6.68. The Bertz CT molecular complexity index is 292. The summed E-state index contributed by atoms with van der Waals surface area (Å²) in [6.45, 7) is 5.79. The number of rotatable bonds is 8. The second-order valence-corrected chi connectivity index (χ2v) is 4.86. The van der Waals surface area contributed by atoms with Gasteiger partial charge in [0, 0.05) is 11.0 Å². The maximum absolute atomic E-state index is 3.72. The molecule has 1 rings (SSSR count). The zero-order valence-corrected chi connectivity index (χ0v) is 11.3. The molecule has 0 heterocycles. The standard InChI is InChI=1S/C14H20BrN/c1-2-3-4-5-6-11-16-12-13-7-9-14(15)10-8-13/h2,7-10,16H,1,3-6,11-12H2. The molecule has 88 valence electrons. The van der Waals surface area contributed by atoms with Gasteiger partial charge in [-0.05, 0) is 43.5 Å². The van der Waals surface area contributed by atoms with E-state index >= 15 is 0 Å². The molecule has 0 radical (unpaired) electrons. The van der Waals surface area contributed by atoms with Crippen molar-refractivity contribution in [2.75, 3.05) is 6.54 Å². The van der Waals surface area contributed by atoms with Gasteiger partial charge in [-0.15, -0.1) is 6.58 Å². The van der Waals surface area contributed by atoms with E-state index in [2.05, 4.69) is 52.1 Å². The summed E-state index contributed by atoms with van der Waals surface area (Å²) in [4.78, 5) is 0. The SMILES string of the molecule is C=CCCCCCNCc1ccc(Br)cc1. The third-order valence-electron chi connectivity index (χ3n) is 2.50. The van der Waals surface area contributed by atoms with E-state index in [0.29, 0.717) is 0 Å². The summed E-state index contributed by atoms with van der Waals surface area (Å²) in [5.41, 5.74) is 1.34. The monoisotopic (exact) mass is 281 g/mol. The molecule has 0 saturated carbocycles. The van der Waals surface area contributed by atoms with Gasteiger partial charge >= 0.3 is 0 Å². The van der Waals surface area contributed by atoms with Gasteiger partial charge in [0.05, 0.1) is 0 Å². The quantitative estimate of drug-likeness (QED) is 0.554. The van der Waals surface area contributed by atoms with Gasteiger partial charge < -0.3 is 5.32 Å². The van der Waals surface area contributed by atoms with Gasteiger partial charge in [0.25, 0.3) is 0 Å². The molecule has 0 bridgehead atoms. The van der Waals surface area contributed by atoms with Gasteiger partial charge in [0.15, 0.2) is 0 Å². The largest absolute Gasteiger partial charge is 0.313 e. The topological polar surface area (TPSA) is 12.0 Å². The van der Waals surface area contributed by atoms with Crippen LogP contribution < -0.4 is 5.32 Å². The lowest BCUT2D eigenvalue weighted by Gasteiger charge is -2.04. The summed E-state index contributed by atoms with van der Waals surface area (Å²) in [7, 11) is 0. The maximum Gasteiger partial charge on any atom is 0.0205 e. The first-order valence-electron chi connectivity index (χ1n) is 5.89. The molecule has 1 nitrogen and oxygen atoms in total. The fraction of sp³-hybridized carbons (Fsp3) is 0.429. The molecule has 0 fully saturated rings. The van der Waals surface area contributed by atoms with Crippen molar-refractivity contribution in [2.24, 2.45) is 0 Å². The molecule has 0 aliphatic carbocycles. The van der Waals surface area contributed by atoms with Crippen LogP contribution in [0.4, 0.5) is 0 Å². The van der Waals surface area contributed by atoms with Gasteiger partial charge in [-0.3, -0.25) is 0 Å². The highest BCUT2D eigenvalue weighted by Crippen LogP contribution is 2.10. The molecule has 0 aliphatic rings. The highest BCUT2D eigenvalue weighted by atomic mass is 79.9. The molecule has 1 aromatic rings. The van der Waals surface area contributed by atoms with E-state index in [9.17, 15) is 0 Å². The second-order valence-electron chi connectivity index (χ2n) is 3.94. The molecule has 0 aliphatic heterocycles. The van der Waals surface area contributed by atoms with Crippen LogP contribution in [0.1, 0.15) is 31.2 Å². The van der Waals surface area contributed by atoms with Gasteiger partial charge in [0.1, 0.15) is 0 Å². The Labute approximate surface area is 107 Å². The third kappa shape index (κ3) is 6.09. The van der Waals surface area contributed by atoms with Crippen molar-refractivity contribution in [3.63, 3.8) is 0 Å². The predicted molar refractivity (Wildman–Crippen MR) is 74.5 cm³/mol. The molecule has 0 unspecified atom stereocenters. The Kier molecular flexibility index (Phi) is 7.19. The Hall–Kier alpha value is -0.600. The van der Waals surface area contributed by atoms with E-state index in [1.807, 2.05) is 6.08 Å². The maximum atomic E-state index is 3.72. The summed E-state index contributed by atoms with van der Waals surface area (Å²) in [6.07, 6.45) is 6.95. The molecule has 0 atom stereocenters. The molecule has 16 heavy (non-hydrogen) atoms. The van der Waals surface area contributed by atoms with Crippen molar-refractivity contribution < 1.29 is 0 Å². The van der Waals surface area contributed by atoms with Gasteiger partial charge in [0.2, 0.25) is 0 Å². The summed E-state index contributed by atoms with van der Waals surface area (Å²) >= 11 is 3.43. The minimum Gasteiger partial charge on any atom is -0.313 e. The lowest BCUT2D eigenvalue weighted by Crippen LogP contribution is -2.14. The van der Waals surface area contributed by atoms with Crippen LogP contribution in [0.2, 0.25) is 0 Å². The number of hydrogen-bond acceptors (Lipinski definition) is 1. The molecule has 0 saturated heterocycles. The van der Waals surface area contributed by atoms with Crippen molar-refractivity contribution >= 4 is 15.9 Å². The summed E-state index contributed by atoms with van der Waals surface area (Å²) < 4.78 is 1.14. The normalized spacial score (nSPS) is 10.3. The van der Waals surface area contributed by atoms with Crippen molar-refractivity contribution in [3.8, 4) is 0 Å². The van der Waals surface area contributed by atoms with Crippen LogP contribution in [0.3, 0.4) is 0 Å². The summed E-state index contributed by atoms with van der Waals surface area (Å²) in [6, 6.07) is 8.46. The zero-order chi connectivity index (χ0) is 11.6. The van der Waals surface area contributed by atoms with E-state index in [-0.39, 0.29) is 0 Å². The van der Waals surface area contributed by atoms with E-state index in [0.717, 1.165) is 24.0 Å². The second kappa shape index (κ2) is 8.54. The Morgan fingerprint density at radius 1 is 1.12 bits per heavy atom.